The van der Waals surface area contributed by atoms with Crippen LogP contribution in [0.15, 0.2) is 53.6 Å². The number of carbonyl (C=O) groups is 2. The molecule has 5 nitrogen and oxygen atoms in total. The maximum absolute atomic E-state index is 12.4. The van der Waals surface area contributed by atoms with Crippen LogP contribution in [0.5, 0.6) is 0 Å². The van der Waals surface area contributed by atoms with Gasteiger partial charge in [0.15, 0.2) is 0 Å². The van der Waals surface area contributed by atoms with E-state index in [9.17, 15) is 9.59 Å². The van der Waals surface area contributed by atoms with Crippen molar-refractivity contribution in [3.05, 3.63) is 59.1 Å². The second kappa shape index (κ2) is 6.84. The Balaban J connectivity index is 1.85. The fourth-order valence-corrected chi connectivity index (χ4v) is 2.67. The first kappa shape index (κ1) is 16.2. The summed E-state index contributed by atoms with van der Waals surface area (Å²) >= 11 is 5.92. The first-order chi connectivity index (χ1) is 11.5. The summed E-state index contributed by atoms with van der Waals surface area (Å²) in [5.74, 6) is -0.452. The molecule has 1 aliphatic rings. The van der Waals surface area contributed by atoms with E-state index in [1.807, 2.05) is 31.2 Å². The number of benzene rings is 2. The van der Waals surface area contributed by atoms with Crippen molar-refractivity contribution in [1.82, 2.24) is 0 Å². The Bertz CT molecular complexity index is 833. The van der Waals surface area contributed by atoms with Crippen LogP contribution in [0, 0.1) is 6.92 Å². The lowest BCUT2D eigenvalue weighted by Gasteiger charge is -2.24. The molecular weight excluding hydrogens is 326 g/mol. The second-order valence-corrected chi connectivity index (χ2v) is 5.94. The lowest BCUT2D eigenvalue weighted by Crippen LogP contribution is -2.36. The number of carbonyl (C=O) groups excluding carboxylic acids is 2. The van der Waals surface area contributed by atoms with Crippen molar-refractivity contribution >= 4 is 40.5 Å². The van der Waals surface area contributed by atoms with E-state index >= 15 is 0 Å². The molecule has 3 rings (SSSR count). The van der Waals surface area contributed by atoms with Gasteiger partial charge in [0.25, 0.3) is 5.91 Å². The predicted octanol–water partition coefficient (Wildman–Crippen LogP) is 3.77. The van der Waals surface area contributed by atoms with Gasteiger partial charge in [-0.1, -0.05) is 35.9 Å². The Labute approximate surface area is 144 Å². The van der Waals surface area contributed by atoms with Crippen molar-refractivity contribution in [2.75, 3.05) is 10.3 Å². The molecular formula is C18H16ClN3O2. The molecule has 0 saturated carbocycles. The molecule has 0 spiro atoms. The van der Waals surface area contributed by atoms with E-state index in [1.54, 1.807) is 24.3 Å². The zero-order valence-electron chi connectivity index (χ0n) is 13.1. The van der Waals surface area contributed by atoms with Gasteiger partial charge in [0.1, 0.15) is 5.71 Å². The Morgan fingerprint density at radius 1 is 1.17 bits per heavy atom. The predicted molar refractivity (Wildman–Crippen MR) is 95.4 cm³/mol. The van der Waals surface area contributed by atoms with Crippen LogP contribution in [0.4, 0.5) is 11.4 Å². The second-order valence-electron chi connectivity index (χ2n) is 5.50. The van der Waals surface area contributed by atoms with Crippen molar-refractivity contribution < 1.29 is 9.59 Å². The fraction of sp³-hybridized carbons (Fsp3) is 0.167. The molecule has 1 N–H and O–H groups in total. The van der Waals surface area contributed by atoms with Crippen LogP contribution >= 0.6 is 11.6 Å². The van der Waals surface area contributed by atoms with E-state index in [0.717, 1.165) is 5.56 Å². The quantitative estimate of drug-likeness (QED) is 0.923. The van der Waals surface area contributed by atoms with E-state index in [2.05, 4.69) is 10.4 Å². The smallest absolute Gasteiger partial charge is 0.271 e. The van der Waals surface area contributed by atoms with Crippen LogP contribution in [0.1, 0.15) is 18.4 Å². The first-order valence-electron chi connectivity index (χ1n) is 7.57. The minimum Gasteiger partial charge on any atom is -0.321 e. The summed E-state index contributed by atoms with van der Waals surface area (Å²) in [7, 11) is 0. The summed E-state index contributed by atoms with van der Waals surface area (Å²) in [6.07, 6.45) is 0.559. The highest BCUT2D eigenvalue weighted by molar-refractivity contribution is 6.44. The molecule has 2 aromatic carbocycles. The third kappa shape index (κ3) is 3.46. The summed E-state index contributed by atoms with van der Waals surface area (Å²) < 4.78 is 0. The summed E-state index contributed by atoms with van der Waals surface area (Å²) in [4.78, 5) is 24.6. The highest BCUT2D eigenvalue weighted by Gasteiger charge is 2.26. The molecule has 6 heteroatoms. The van der Waals surface area contributed by atoms with Crippen LogP contribution in [0.3, 0.4) is 0 Å². The molecule has 0 aliphatic carbocycles. The number of amides is 2. The van der Waals surface area contributed by atoms with E-state index in [1.165, 1.54) is 5.01 Å². The summed E-state index contributed by atoms with van der Waals surface area (Å²) in [5, 5.41) is 8.88. The Hall–Kier alpha value is -2.66. The average molecular weight is 342 g/mol. The van der Waals surface area contributed by atoms with E-state index in [-0.39, 0.29) is 18.2 Å². The molecule has 2 amide bonds. The fourth-order valence-electron chi connectivity index (χ4n) is 2.48. The molecule has 0 unspecified atom stereocenters. The van der Waals surface area contributed by atoms with Crippen molar-refractivity contribution in [2.24, 2.45) is 5.10 Å². The molecule has 0 fully saturated rings. The van der Waals surface area contributed by atoms with Crippen molar-refractivity contribution in [1.29, 1.82) is 0 Å². The zero-order valence-corrected chi connectivity index (χ0v) is 13.9. The normalized spacial score (nSPS) is 14.3. The molecule has 0 saturated heterocycles. The molecule has 122 valence electrons. The standard InChI is InChI=1S/C18H16ClN3O2/c1-12-5-2-3-8-16(12)22-17(23)10-9-15(21-22)18(24)20-14-7-4-6-13(19)11-14/h2-8,11H,9-10H2,1H3,(H,20,24). The highest BCUT2D eigenvalue weighted by Crippen LogP contribution is 2.24. The largest absolute Gasteiger partial charge is 0.321 e. The number of aryl methyl sites for hydroxylation is 1. The number of nitrogens with one attached hydrogen (secondary N) is 1. The van der Waals surface area contributed by atoms with Gasteiger partial charge in [-0.05, 0) is 36.8 Å². The third-order valence-electron chi connectivity index (χ3n) is 3.72. The number of anilines is 2. The van der Waals surface area contributed by atoms with Gasteiger partial charge in [-0.3, -0.25) is 9.59 Å². The number of hydrazone groups is 1. The summed E-state index contributed by atoms with van der Waals surface area (Å²) in [6, 6.07) is 14.3. The number of rotatable bonds is 3. The van der Waals surface area contributed by atoms with Gasteiger partial charge < -0.3 is 5.32 Å². The third-order valence-corrected chi connectivity index (χ3v) is 3.96. The average Bonchev–Trinajstić information content (AvgIpc) is 2.56. The van der Waals surface area contributed by atoms with Crippen molar-refractivity contribution in [2.45, 2.75) is 19.8 Å². The van der Waals surface area contributed by atoms with Gasteiger partial charge >= 0.3 is 0 Å². The summed E-state index contributed by atoms with van der Waals surface area (Å²) in [5.41, 5.74) is 2.52. The molecule has 0 radical (unpaired) electrons. The topological polar surface area (TPSA) is 61.8 Å². The molecule has 0 aromatic heterocycles. The molecule has 1 heterocycles. The SMILES string of the molecule is Cc1ccccc1N1N=C(C(=O)Nc2cccc(Cl)c2)CCC1=O. The Morgan fingerprint density at radius 2 is 1.96 bits per heavy atom. The van der Waals surface area contributed by atoms with Gasteiger partial charge in [0, 0.05) is 23.6 Å². The van der Waals surface area contributed by atoms with Gasteiger partial charge in [-0.15, -0.1) is 0 Å². The van der Waals surface area contributed by atoms with E-state index in [0.29, 0.717) is 28.5 Å². The van der Waals surface area contributed by atoms with Crippen LogP contribution in [0.25, 0.3) is 0 Å². The molecule has 24 heavy (non-hydrogen) atoms. The van der Waals surface area contributed by atoms with Crippen LogP contribution in [-0.4, -0.2) is 17.5 Å². The van der Waals surface area contributed by atoms with Gasteiger partial charge in [0.05, 0.1) is 5.69 Å². The minimum atomic E-state index is -0.330. The van der Waals surface area contributed by atoms with Crippen molar-refractivity contribution in [3.8, 4) is 0 Å². The zero-order chi connectivity index (χ0) is 17.1. The lowest BCUT2D eigenvalue weighted by atomic mass is 10.1. The van der Waals surface area contributed by atoms with Crippen LogP contribution in [-0.2, 0) is 9.59 Å². The maximum atomic E-state index is 12.4. The lowest BCUT2D eigenvalue weighted by molar-refractivity contribution is -0.118. The van der Waals surface area contributed by atoms with Gasteiger partial charge in [-0.25, -0.2) is 5.01 Å². The highest BCUT2D eigenvalue weighted by atomic mass is 35.5. The Kier molecular flexibility index (Phi) is 4.62. The molecule has 0 bridgehead atoms. The number of hydrogen-bond donors (Lipinski definition) is 1. The monoisotopic (exact) mass is 341 g/mol. The summed E-state index contributed by atoms with van der Waals surface area (Å²) in [6.45, 7) is 1.90. The number of hydrogen-bond acceptors (Lipinski definition) is 3. The van der Waals surface area contributed by atoms with Crippen LogP contribution < -0.4 is 10.3 Å². The molecule has 1 aliphatic heterocycles. The number of halogens is 1. The van der Waals surface area contributed by atoms with Crippen molar-refractivity contribution in [3.63, 3.8) is 0 Å². The molecule has 0 atom stereocenters. The van der Waals surface area contributed by atoms with Crippen LogP contribution in [0.2, 0.25) is 5.02 Å². The molecule has 2 aromatic rings. The van der Waals surface area contributed by atoms with Gasteiger partial charge in [0.2, 0.25) is 5.91 Å². The maximum Gasteiger partial charge on any atom is 0.271 e. The number of nitrogens with zero attached hydrogens (tertiary/aromatic N) is 2. The van der Waals surface area contributed by atoms with Gasteiger partial charge in [-0.2, -0.15) is 5.10 Å². The Morgan fingerprint density at radius 3 is 2.71 bits per heavy atom. The minimum absolute atomic E-state index is 0.122. The first-order valence-corrected chi connectivity index (χ1v) is 7.95. The number of para-hydroxylation sites is 1. The van der Waals surface area contributed by atoms with E-state index in [4.69, 9.17) is 11.6 Å². The van der Waals surface area contributed by atoms with E-state index < -0.39 is 0 Å².